The van der Waals surface area contributed by atoms with Gasteiger partial charge in [-0.25, -0.2) is 9.37 Å². The lowest BCUT2D eigenvalue weighted by Crippen LogP contribution is -2.12. The van der Waals surface area contributed by atoms with E-state index in [1.807, 2.05) is 19.0 Å². The zero-order valence-electron chi connectivity index (χ0n) is 12.0. The molecule has 112 valence electrons. The molecule has 0 aliphatic rings. The number of rotatable bonds is 6. The Morgan fingerprint density at radius 1 is 1.38 bits per heavy atom. The van der Waals surface area contributed by atoms with Gasteiger partial charge in [0.1, 0.15) is 5.82 Å². The molecule has 0 saturated carbocycles. The first-order chi connectivity index (χ1) is 9.95. The fraction of sp³-hybridized carbons (Fsp3) is 0.333. The van der Waals surface area contributed by atoms with E-state index in [9.17, 15) is 9.18 Å². The summed E-state index contributed by atoms with van der Waals surface area (Å²) in [7, 11) is 3.83. The first-order valence-electron chi connectivity index (χ1n) is 6.53. The molecule has 0 radical (unpaired) electrons. The van der Waals surface area contributed by atoms with Crippen molar-refractivity contribution < 1.29 is 14.3 Å². The number of hydrogen-bond acceptors (Lipinski definition) is 4. The molecule has 0 spiro atoms. The molecule has 1 heterocycles. The average Bonchev–Trinajstić information content (AvgIpc) is 2.72. The number of benzene rings is 1. The zero-order valence-corrected chi connectivity index (χ0v) is 12.8. The minimum atomic E-state index is -0.905. The number of aliphatic carboxylic acids is 1. The van der Waals surface area contributed by atoms with Gasteiger partial charge in [0.25, 0.3) is 0 Å². The van der Waals surface area contributed by atoms with Crippen LogP contribution in [0.4, 0.5) is 4.39 Å². The Morgan fingerprint density at radius 3 is 2.71 bits per heavy atom. The summed E-state index contributed by atoms with van der Waals surface area (Å²) in [6.07, 6.45) is 0.286. The van der Waals surface area contributed by atoms with Crippen molar-refractivity contribution >= 4 is 17.3 Å². The van der Waals surface area contributed by atoms with E-state index in [2.05, 4.69) is 4.98 Å². The Kier molecular flexibility index (Phi) is 5.03. The molecule has 0 fully saturated rings. The highest BCUT2D eigenvalue weighted by Gasteiger charge is 2.15. The Balaban J connectivity index is 2.26. The third-order valence-corrected chi connectivity index (χ3v) is 3.98. The first-order valence-corrected chi connectivity index (χ1v) is 7.34. The molecule has 0 atom stereocenters. The monoisotopic (exact) mass is 308 g/mol. The number of aromatic nitrogens is 1. The van der Waals surface area contributed by atoms with Crippen LogP contribution < -0.4 is 0 Å². The summed E-state index contributed by atoms with van der Waals surface area (Å²) < 4.78 is 13.7. The topological polar surface area (TPSA) is 53.4 Å². The van der Waals surface area contributed by atoms with Gasteiger partial charge in [-0.15, -0.1) is 11.3 Å². The van der Waals surface area contributed by atoms with Gasteiger partial charge in [0.15, 0.2) is 0 Å². The van der Waals surface area contributed by atoms with Crippen LogP contribution in [0.2, 0.25) is 0 Å². The van der Waals surface area contributed by atoms with Gasteiger partial charge in [-0.3, -0.25) is 4.79 Å². The van der Waals surface area contributed by atoms with E-state index in [0.29, 0.717) is 24.2 Å². The van der Waals surface area contributed by atoms with E-state index >= 15 is 0 Å². The minimum absolute atomic E-state index is 0.100. The smallest absolute Gasteiger partial charge is 0.309 e. The molecule has 6 heteroatoms. The van der Waals surface area contributed by atoms with Gasteiger partial charge in [-0.05, 0) is 25.7 Å². The largest absolute Gasteiger partial charge is 0.481 e. The maximum atomic E-state index is 13.7. The number of carbonyl (C=O) groups is 1. The van der Waals surface area contributed by atoms with Crippen molar-refractivity contribution in [2.45, 2.75) is 19.4 Å². The van der Waals surface area contributed by atoms with Gasteiger partial charge in [0.2, 0.25) is 0 Å². The molecular formula is C15H17FN2O2S. The Labute approximate surface area is 126 Å². The number of carboxylic acids is 1. The minimum Gasteiger partial charge on any atom is -0.481 e. The number of halogens is 1. The highest BCUT2D eigenvalue weighted by molar-refractivity contribution is 7.11. The second-order valence-electron chi connectivity index (χ2n) is 5.05. The zero-order chi connectivity index (χ0) is 15.4. The van der Waals surface area contributed by atoms with Crippen LogP contribution in [0.5, 0.6) is 0 Å². The van der Waals surface area contributed by atoms with Crippen LogP contribution in [0.15, 0.2) is 24.3 Å². The van der Waals surface area contributed by atoms with E-state index in [4.69, 9.17) is 5.11 Å². The van der Waals surface area contributed by atoms with Gasteiger partial charge in [0.05, 0.1) is 17.1 Å². The van der Waals surface area contributed by atoms with Crippen LogP contribution in [-0.4, -0.2) is 35.1 Å². The van der Waals surface area contributed by atoms with Crippen LogP contribution >= 0.6 is 11.3 Å². The molecule has 1 N–H and O–H groups in total. The van der Waals surface area contributed by atoms with Crippen LogP contribution in [0, 0.1) is 5.82 Å². The number of carboxylic acid groups (broad SMARTS) is 1. The summed E-state index contributed by atoms with van der Waals surface area (Å²) in [4.78, 5) is 18.2. The van der Waals surface area contributed by atoms with E-state index in [1.54, 1.807) is 18.2 Å². The second-order valence-corrected chi connectivity index (χ2v) is 6.22. The quantitative estimate of drug-likeness (QED) is 0.891. The van der Waals surface area contributed by atoms with Gasteiger partial charge in [-0.1, -0.05) is 18.2 Å². The summed E-state index contributed by atoms with van der Waals surface area (Å²) in [6.45, 7) is 0.636. The molecule has 2 rings (SSSR count). The lowest BCUT2D eigenvalue weighted by atomic mass is 10.1. The molecule has 1 aromatic carbocycles. The first kappa shape index (κ1) is 15.6. The molecule has 2 aromatic rings. The van der Waals surface area contributed by atoms with Gasteiger partial charge >= 0.3 is 5.97 Å². The van der Waals surface area contributed by atoms with Crippen LogP contribution in [0.3, 0.4) is 0 Å². The van der Waals surface area contributed by atoms with Crippen LogP contribution in [0.25, 0.3) is 0 Å². The van der Waals surface area contributed by atoms with Crippen LogP contribution in [-0.2, 0) is 24.2 Å². The van der Waals surface area contributed by atoms with Crippen molar-refractivity contribution in [2.75, 3.05) is 14.1 Å². The summed E-state index contributed by atoms with van der Waals surface area (Å²) in [6, 6.07) is 6.57. The van der Waals surface area contributed by atoms with Crippen molar-refractivity contribution in [1.82, 2.24) is 9.88 Å². The van der Waals surface area contributed by atoms with Crippen molar-refractivity contribution in [3.63, 3.8) is 0 Å². The molecule has 0 amide bonds. The molecule has 0 saturated heterocycles. The van der Waals surface area contributed by atoms with E-state index in [1.165, 1.54) is 17.4 Å². The maximum Gasteiger partial charge on any atom is 0.309 e. The molecule has 21 heavy (non-hydrogen) atoms. The highest BCUT2D eigenvalue weighted by Crippen LogP contribution is 2.23. The van der Waals surface area contributed by atoms with E-state index in [0.717, 1.165) is 9.88 Å². The molecule has 0 unspecified atom stereocenters. The molecular weight excluding hydrogens is 291 g/mol. The predicted octanol–water partition coefficient (Wildman–Crippen LogP) is 2.56. The Bertz CT molecular complexity index is 640. The van der Waals surface area contributed by atoms with Crippen molar-refractivity contribution in [3.8, 4) is 0 Å². The lowest BCUT2D eigenvalue weighted by molar-refractivity contribution is -0.136. The fourth-order valence-electron chi connectivity index (χ4n) is 2.01. The average molecular weight is 308 g/mol. The predicted molar refractivity (Wildman–Crippen MR) is 80.1 cm³/mol. The van der Waals surface area contributed by atoms with Crippen molar-refractivity contribution in [2.24, 2.45) is 0 Å². The van der Waals surface area contributed by atoms with E-state index < -0.39 is 5.97 Å². The highest BCUT2D eigenvalue weighted by atomic mass is 32.1. The number of nitrogens with zero attached hydrogens (tertiary/aromatic N) is 2. The molecule has 0 aliphatic heterocycles. The SMILES string of the molecule is CN(C)Cc1sc(Cc2ccccc2F)nc1CC(=O)O. The standard InChI is InChI=1S/C15H17FN2O2S/c1-18(2)9-13-12(8-15(19)20)17-14(21-13)7-10-5-3-4-6-11(10)16/h3-6H,7-9H2,1-2H3,(H,19,20). The molecule has 0 bridgehead atoms. The lowest BCUT2D eigenvalue weighted by Gasteiger charge is -2.07. The van der Waals surface area contributed by atoms with Gasteiger partial charge in [-0.2, -0.15) is 0 Å². The van der Waals surface area contributed by atoms with Gasteiger partial charge in [0, 0.05) is 17.8 Å². The van der Waals surface area contributed by atoms with Crippen molar-refractivity contribution in [3.05, 3.63) is 51.2 Å². The fourth-order valence-corrected chi connectivity index (χ4v) is 3.24. The number of hydrogen-bond donors (Lipinski definition) is 1. The Morgan fingerprint density at radius 2 is 2.10 bits per heavy atom. The van der Waals surface area contributed by atoms with Crippen molar-refractivity contribution in [1.29, 1.82) is 0 Å². The van der Waals surface area contributed by atoms with E-state index in [-0.39, 0.29) is 12.2 Å². The third-order valence-electron chi connectivity index (χ3n) is 2.90. The molecule has 1 aromatic heterocycles. The maximum absolute atomic E-state index is 13.7. The molecule has 0 aliphatic carbocycles. The summed E-state index contributed by atoms with van der Waals surface area (Å²) in [5.41, 5.74) is 1.15. The second kappa shape index (κ2) is 6.78. The summed E-state index contributed by atoms with van der Waals surface area (Å²) in [5, 5.41) is 9.70. The Hall–Kier alpha value is -1.79. The van der Waals surface area contributed by atoms with Crippen LogP contribution in [0.1, 0.15) is 21.1 Å². The molecule has 4 nitrogen and oxygen atoms in total. The van der Waals surface area contributed by atoms with Gasteiger partial charge < -0.3 is 10.0 Å². The summed E-state index contributed by atoms with van der Waals surface area (Å²) in [5.74, 6) is -1.17. The third kappa shape index (κ3) is 4.34. The normalized spacial score (nSPS) is 11.0. The number of thiazole rings is 1. The summed E-state index contributed by atoms with van der Waals surface area (Å²) >= 11 is 1.45.